The minimum absolute atomic E-state index is 0.0128. The Labute approximate surface area is 184 Å². The van der Waals surface area contributed by atoms with Crippen molar-refractivity contribution in [1.82, 2.24) is 4.90 Å². The summed E-state index contributed by atoms with van der Waals surface area (Å²) >= 11 is 7.17. The van der Waals surface area contributed by atoms with E-state index < -0.39 is 18.1 Å². The van der Waals surface area contributed by atoms with Crippen LogP contribution in [0.5, 0.6) is 0 Å². The van der Waals surface area contributed by atoms with E-state index in [0.717, 1.165) is 11.1 Å². The molecule has 0 aliphatic carbocycles. The van der Waals surface area contributed by atoms with Gasteiger partial charge in [-0.25, -0.2) is 0 Å². The Morgan fingerprint density at radius 1 is 1.13 bits per heavy atom. The van der Waals surface area contributed by atoms with E-state index in [2.05, 4.69) is 0 Å². The normalized spacial score (nSPS) is 20.6. The van der Waals surface area contributed by atoms with Crippen molar-refractivity contribution in [3.8, 4) is 0 Å². The first-order valence-electron chi connectivity index (χ1n) is 9.49. The molecule has 2 aromatic carbocycles. The highest BCUT2D eigenvalue weighted by Crippen LogP contribution is 2.41. The molecular weight excluding hydrogens is 418 g/mol. The van der Waals surface area contributed by atoms with Crippen LogP contribution in [0, 0.1) is 0 Å². The second-order valence-electron chi connectivity index (χ2n) is 7.14. The van der Waals surface area contributed by atoms with E-state index in [-0.39, 0.29) is 22.8 Å². The zero-order chi connectivity index (χ0) is 21.3. The van der Waals surface area contributed by atoms with Crippen LogP contribution in [0.15, 0.2) is 71.9 Å². The van der Waals surface area contributed by atoms with Gasteiger partial charge in [0.2, 0.25) is 16.9 Å². The quantitative estimate of drug-likeness (QED) is 0.530. The number of carbonyl (C=O) groups excluding carboxylic acids is 2. The highest BCUT2D eigenvalue weighted by atomic mass is 32.2. The van der Waals surface area contributed by atoms with E-state index in [1.54, 1.807) is 4.90 Å². The number of hydrogen-bond donors (Lipinski definition) is 2. The molecule has 2 amide bonds. The summed E-state index contributed by atoms with van der Waals surface area (Å²) in [6.07, 6.45) is -0.445. The molecule has 0 bridgehead atoms. The van der Waals surface area contributed by atoms with Crippen molar-refractivity contribution in [2.24, 2.45) is 11.5 Å². The minimum Gasteiger partial charge on any atom is -0.469 e. The molecule has 0 spiro atoms. The summed E-state index contributed by atoms with van der Waals surface area (Å²) in [7, 11) is 0. The molecular formula is C22H21N3O3S2. The fraction of sp³-hybridized carbons (Fsp3) is 0.227. The largest absolute Gasteiger partial charge is 0.469 e. The molecule has 4 rings (SSSR count). The van der Waals surface area contributed by atoms with Crippen molar-refractivity contribution in [2.45, 2.75) is 23.9 Å². The lowest BCUT2D eigenvalue weighted by atomic mass is 10.0. The first-order valence-corrected chi connectivity index (χ1v) is 10.9. The van der Waals surface area contributed by atoms with Gasteiger partial charge in [-0.05, 0) is 28.9 Å². The third-order valence-corrected chi connectivity index (χ3v) is 6.75. The molecule has 30 heavy (non-hydrogen) atoms. The van der Waals surface area contributed by atoms with E-state index in [4.69, 9.17) is 28.4 Å². The zero-order valence-electron chi connectivity index (χ0n) is 16.1. The molecule has 0 saturated carbocycles. The van der Waals surface area contributed by atoms with E-state index in [0.29, 0.717) is 17.0 Å². The van der Waals surface area contributed by atoms with Crippen LogP contribution < -0.4 is 11.5 Å². The molecule has 1 saturated heterocycles. The number of nitrogens with zero attached hydrogens (tertiary/aromatic N) is 1. The number of thiocarbonyl (C=S) groups is 1. The van der Waals surface area contributed by atoms with Gasteiger partial charge in [-0.1, -0.05) is 60.7 Å². The number of amides is 2. The summed E-state index contributed by atoms with van der Waals surface area (Å²) in [4.78, 5) is 25.7. The van der Waals surface area contributed by atoms with Crippen LogP contribution in [0.4, 0.5) is 0 Å². The number of benzene rings is 2. The van der Waals surface area contributed by atoms with Gasteiger partial charge >= 0.3 is 0 Å². The summed E-state index contributed by atoms with van der Waals surface area (Å²) in [5.41, 5.74) is 14.4. The molecule has 2 atom stereocenters. The summed E-state index contributed by atoms with van der Waals surface area (Å²) in [6.45, 7) is 0. The molecule has 2 aliphatic heterocycles. The van der Waals surface area contributed by atoms with Crippen molar-refractivity contribution in [3.63, 3.8) is 0 Å². The van der Waals surface area contributed by atoms with Gasteiger partial charge in [0, 0.05) is 5.75 Å². The second-order valence-corrected chi connectivity index (χ2v) is 8.61. The van der Waals surface area contributed by atoms with E-state index in [9.17, 15) is 9.59 Å². The summed E-state index contributed by atoms with van der Waals surface area (Å²) < 4.78 is 6.29. The molecule has 0 unspecified atom stereocenters. The monoisotopic (exact) mass is 439 g/mol. The van der Waals surface area contributed by atoms with E-state index in [1.165, 1.54) is 11.8 Å². The van der Waals surface area contributed by atoms with E-state index in [1.807, 2.05) is 60.7 Å². The minimum atomic E-state index is -0.582. The van der Waals surface area contributed by atoms with Crippen molar-refractivity contribution in [1.29, 1.82) is 0 Å². The molecule has 1 fully saturated rings. The van der Waals surface area contributed by atoms with Gasteiger partial charge in [-0.15, -0.1) is 11.8 Å². The molecule has 2 aliphatic rings. The zero-order valence-corrected chi connectivity index (χ0v) is 17.7. The fourth-order valence-corrected chi connectivity index (χ4v) is 5.29. The van der Waals surface area contributed by atoms with Crippen LogP contribution >= 0.6 is 24.0 Å². The van der Waals surface area contributed by atoms with Gasteiger partial charge < -0.3 is 16.2 Å². The SMILES string of the molecule is NC(=O)CC1=C(C(=S)OC(c2ccccc2)c2ccccc2)N2C(=O)[C@@H](N)[C@H]2SC1. The van der Waals surface area contributed by atoms with Crippen LogP contribution in [-0.2, 0) is 14.3 Å². The molecule has 2 heterocycles. The molecule has 0 aromatic heterocycles. The highest BCUT2D eigenvalue weighted by molar-refractivity contribution is 8.00. The average molecular weight is 440 g/mol. The fourth-order valence-electron chi connectivity index (χ4n) is 3.66. The topological polar surface area (TPSA) is 98.7 Å². The Kier molecular flexibility index (Phi) is 5.90. The molecule has 154 valence electrons. The van der Waals surface area contributed by atoms with Gasteiger partial charge in [0.1, 0.15) is 17.5 Å². The Hall–Kier alpha value is -2.68. The van der Waals surface area contributed by atoms with Crippen LogP contribution in [0.3, 0.4) is 0 Å². The predicted molar refractivity (Wildman–Crippen MR) is 120 cm³/mol. The molecule has 8 heteroatoms. The number of β-lactam (4-membered cyclic amide) rings is 1. The van der Waals surface area contributed by atoms with Crippen LogP contribution in [0.1, 0.15) is 23.7 Å². The van der Waals surface area contributed by atoms with Gasteiger partial charge in [-0.3, -0.25) is 14.5 Å². The van der Waals surface area contributed by atoms with Crippen molar-refractivity contribution in [2.75, 3.05) is 5.75 Å². The van der Waals surface area contributed by atoms with Crippen LogP contribution in [-0.4, -0.2) is 38.9 Å². The third kappa shape index (κ3) is 3.86. The van der Waals surface area contributed by atoms with Gasteiger partial charge in [-0.2, -0.15) is 0 Å². The second kappa shape index (κ2) is 8.59. The summed E-state index contributed by atoms with van der Waals surface area (Å²) in [6, 6.07) is 18.9. The predicted octanol–water partition coefficient (Wildman–Crippen LogP) is 2.49. The maximum atomic E-state index is 12.5. The number of primary amides is 1. The molecule has 4 N–H and O–H groups in total. The maximum absolute atomic E-state index is 12.5. The standard InChI is InChI=1S/C22H21N3O3S2/c23-16(26)11-15-12-30-21-17(24)20(27)25(21)18(15)22(29)28-19(13-7-3-1-4-8-13)14-9-5-2-6-10-14/h1-10,17,19,21H,11-12,24H2,(H2,23,26)/t17-,21-/m1/s1. The summed E-state index contributed by atoms with van der Waals surface area (Å²) in [5.74, 6) is -0.194. The van der Waals surface area contributed by atoms with Crippen molar-refractivity contribution < 1.29 is 14.3 Å². The average Bonchev–Trinajstić information content (AvgIpc) is 2.77. The van der Waals surface area contributed by atoms with Gasteiger partial charge in [0.25, 0.3) is 0 Å². The van der Waals surface area contributed by atoms with Crippen molar-refractivity contribution >= 4 is 40.8 Å². The Morgan fingerprint density at radius 2 is 1.70 bits per heavy atom. The smallest absolute Gasteiger partial charge is 0.248 e. The lowest BCUT2D eigenvalue weighted by Crippen LogP contribution is -2.68. The van der Waals surface area contributed by atoms with Gasteiger partial charge in [0.05, 0.1) is 12.1 Å². The van der Waals surface area contributed by atoms with Gasteiger partial charge in [0.15, 0.2) is 0 Å². The molecule has 2 aromatic rings. The number of hydrogen-bond acceptors (Lipinski definition) is 6. The van der Waals surface area contributed by atoms with Crippen LogP contribution in [0.25, 0.3) is 0 Å². The number of nitrogens with two attached hydrogens (primary N) is 2. The number of rotatable bonds is 6. The lowest BCUT2D eigenvalue weighted by molar-refractivity contribution is -0.141. The Bertz CT molecular complexity index is 971. The molecule has 6 nitrogen and oxygen atoms in total. The van der Waals surface area contributed by atoms with Crippen molar-refractivity contribution in [3.05, 3.63) is 83.1 Å². The lowest BCUT2D eigenvalue weighted by Gasteiger charge is -2.49. The first kappa shape index (κ1) is 20.6. The summed E-state index contributed by atoms with van der Waals surface area (Å²) in [5, 5.41) is -0.0490. The number of thioether (sulfide) groups is 1. The number of carbonyl (C=O) groups is 2. The third-order valence-electron chi connectivity index (χ3n) is 5.10. The Morgan fingerprint density at radius 3 is 2.23 bits per heavy atom. The first-order chi connectivity index (χ1) is 14.5. The van der Waals surface area contributed by atoms with E-state index >= 15 is 0 Å². The Balaban J connectivity index is 1.70. The maximum Gasteiger partial charge on any atom is 0.248 e. The van der Waals surface area contributed by atoms with Crippen LogP contribution in [0.2, 0.25) is 0 Å². The highest BCUT2D eigenvalue weighted by Gasteiger charge is 2.51. The number of ether oxygens (including phenoxy) is 1. The number of fused-ring (bicyclic) bond motifs is 1. The molecule has 0 radical (unpaired) electrons.